The van der Waals surface area contributed by atoms with Crippen molar-refractivity contribution in [1.82, 2.24) is 0 Å². The average Bonchev–Trinajstić information content (AvgIpc) is 3.26. The molecule has 0 spiro atoms. The minimum absolute atomic E-state index is 0. The molecule has 0 atom stereocenters. The summed E-state index contributed by atoms with van der Waals surface area (Å²) in [6, 6.07) is 13.1. The van der Waals surface area contributed by atoms with Gasteiger partial charge >= 0.3 is 171 Å². The van der Waals surface area contributed by atoms with Crippen LogP contribution >= 0.6 is 0 Å². The molecular formula is C39H21CuN8Na5O20S4. The van der Waals surface area contributed by atoms with E-state index in [0.717, 1.165) is 30.3 Å². The quantitative estimate of drug-likeness (QED) is 0.0460. The van der Waals surface area contributed by atoms with E-state index in [9.17, 15) is 92.1 Å². The Bertz CT molecular complexity index is 3600. The van der Waals surface area contributed by atoms with Crippen LogP contribution in [0.25, 0.3) is 0 Å². The molecule has 377 valence electrons. The molecule has 0 heterocycles. The average molecular weight is 1230 g/mol. The van der Waals surface area contributed by atoms with Gasteiger partial charge in [0, 0.05) is 5.56 Å². The van der Waals surface area contributed by atoms with E-state index in [1.165, 1.54) is 18.2 Å². The van der Waals surface area contributed by atoms with Crippen LogP contribution in [0.15, 0.2) is 158 Å². The van der Waals surface area contributed by atoms with Gasteiger partial charge in [0.05, 0.1) is 48.2 Å². The van der Waals surface area contributed by atoms with Crippen molar-refractivity contribution < 1.29 is 257 Å². The molecule has 0 aliphatic heterocycles. The van der Waals surface area contributed by atoms with Crippen molar-refractivity contribution in [2.45, 2.75) is 26.0 Å². The van der Waals surface area contributed by atoms with Crippen LogP contribution in [0.3, 0.4) is 0 Å². The first kappa shape index (κ1) is 74.0. The van der Waals surface area contributed by atoms with Crippen LogP contribution in [0.5, 0.6) is 23.0 Å². The van der Waals surface area contributed by atoms with Crippen molar-refractivity contribution in [2.75, 3.05) is 0 Å². The van der Waals surface area contributed by atoms with Gasteiger partial charge in [0.25, 0.3) is 0 Å². The van der Waals surface area contributed by atoms with Crippen LogP contribution in [0.2, 0.25) is 0 Å². The SMILES string of the molecule is O=C([O-])c1cc(Cc2ccc(N=Nc3cc(N=Nc4ccc(S(=O)(=O)[O-])cc4S(=O)(=O)[O-])c([O-])cc3O)c(C(=O)O)c2)ccc1N=Nc1cc(N=Nc2ccc(S(=O)(=O)[O-])cc2S(=O)(=O)[O-])c(O)cc1[O-].[Cu+2].[Na+].[Na+].[Na+].[Na+].[Na+]. The molecular weight excluding hydrogens is 1210 g/mol. The smallest absolute Gasteiger partial charge is 0.871 e. The molecule has 0 saturated heterocycles. The van der Waals surface area contributed by atoms with E-state index in [-0.39, 0.29) is 206 Å². The van der Waals surface area contributed by atoms with Gasteiger partial charge in [-0.25, -0.2) is 38.5 Å². The van der Waals surface area contributed by atoms with Gasteiger partial charge in [0.15, 0.2) is 0 Å². The minimum atomic E-state index is -5.44. The molecule has 0 aromatic heterocycles. The van der Waals surface area contributed by atoms with Crippen molar-refractivity contribution in [3.8, 4) is 23.0 Å². The summed E-state index contributed by atoms with van der Waals surface area (Å²) in [5.41, 5.74) is -5.10. The number of phenolic OH excluding ortho intramolecular Hbond substituents is 2. The molecule has 0 aliphatic carbocycles. The van der Waals surface area contributed by atoms with Crippen molar-refractivity contribution in [2.24, 2.45) is 40.9 Å². The number of rotatable bonds is 16. The number of hydrogen-bond donors (Lipinski definition) is 3. The molecule has 6 aromatic rings. The molecule has 0 saturated carbocycles. The van der Waals surface area contributed by atoms with E-state index in [1.54, 1.807) is 0 Å². The monoisotopic (exact) mass is 1230 g/mol. The molecule has 28 nitrogen and oxygen atoms in total. The molecule has 1 radical (unpaired) electrons. The summed E-state index contributed by atoms with van der Waals surface area (Å²) < 4.78 is 138. The van der Waals surface area contributed by atoms with Crippen LogP contribution < -0.4 is 163 Å². The molecule has 38 heteroatoms. The first-order valence-electron chi connectivity index (χ1n) is 18.6. The van der Waals surface area contributed by atoms with Gasteiger partial charge in [0.1, 0.15) is 80.4 Å². The third-order valence-electron chi connectivity index (χ3n) is 9.13. The number of phenols is 2. The van der Waals surface area contributed by atoms with E-state index in [2.05, 4.69) is 40.9 Å². The second-order valence-electron chi connectivity index (χ2n) is 14.0. The van der Waals surface area contributed by atoms with Gasteiger partial charge in [0.2, 0.25) is 0 Å². The number of carbonyl (C=O) groups excluding carboxylic acids is 1. The Balaban J connectivity index is 0.00000963. The standard InChI is InChI=1S/C39H28N8O20S4.Cu.5Na/c48-32-16-34(50)30(46-42-26-7-3-20(68(56,57)58)12-36(26)70(62,63)64)14-28(32)44-40-24-5-1-18(10-22(24)38(52)53)9-19-2-6-25(23(11-19)39(54)55)41-45-29-15-31(35(51)17-33(29)49)47-43-27-8-4-21(69(59,60)61)13-37(27)71(65,66)67;;;;;;/h1-8,10-17,48-51H,9H2,(H,52,53)(H,54,55)(H,56,57,58)(H,59,60,61)(H,62,63,64)(H,65,66,67);;;;;;/q;+2;5*+1/p-7. The predicted molar refractivity (Wildman–Crippen MR) is 224 cm³/mol. The molecule has 0 aliphatic rings. The number of carbonyl (C=O) groups is 2. The number of hydrogen-bond acceptors (Lipinski definition) is 27. The maximum Gasteiger partial charge on any atom is 2.00 e. The Hall–Kier alpha value is -2.98. The maximum atomic E-state index is 12.6. The van der Waals surface area contributed by atoms with Crippen molar-refractivity contribution in [1.29, 1.82) is 0 Å². The summed E-state index contributed by atoms with van der Waals surface area (Å²) in [6.45, 7) is 0. The molecule has 6 aromatic carbocycles. The summed E-state index contributed by atoms with van der Waals surface area (Å²) >= 11 is 0. The molecule has 0 bridgehead atoms. The third kappa shape index (κ3) is 19.6. The second kappa shape index (κ2) is 30.2. The molecule has 0 fully saturated rings. The Labute approximate surface area is 556 Å². The third-order valence-corrected chi connectivity index (χ3v) is 12.5. The van der Waals surface area contributed by atoms with E-state index in [1.807, 2.05) is 0 Å². The molecule has 3 N–H and O–H groups in total. The fourth-order valence-corrected chi connectivity index (χ4v) is 8.25. The number of azo groups is 4. The number of nitrogens with zero attached hydrogens (tertiary/aromatic N) is 8. The second-order valence-corrected chi connectivity index (χ2v) is 19.4. The zero-order chi connectivity index (χ0) is 52.4. The van der Waals surface area contributed by atoms with E-state index < -0.39 is 140 Å². The first-order chi connectivity index (χ1) is 33.0. The van der Waals surface area contributed by atoms with Gasteiger partial charge in [-0.15, -0.1) is 30.7 Å². The van der Waals surface area contributed by atoms with Crippen molar-refractivity contribution in [3.63, 3.8) is 0 Å². The van der Waals surface area contributed by atoms with Crippen LogP contribution in [-0.2, 0) is 64.0 Å². The van der Waals surface area contributed by atoms with Gasteiger partial charge in [-0.1, -0.05) is 23.6 Å². The van der Waals surface area contributed by atoms with E-state index >= 15 is 0 Å². The van der Waals surface area contributed by atoms with Gasteiger partial charge in [-0.2, -0.15) is 10.2 Å². The molecule has 77 heavy (non-hydrogen) atoms. The zero-order valence-electron chi connectivity index (χ0n) is 39.7. The van der Waals surface area contributed by atoms with Crippen LogP contribution in [-0.4, -0.2) is 79.1 Å². The zero-order valence-corrected chi connectivity index (χ0v) is 53.9. The molecule has 0 unspecified atom stereocenters. The Morgan fingerprint density at radius 2 is 0.727 bits per heavy atom. The maximum absolute atomic E-state index is 12.6. The van der Waals surface area contributed by atoms with E-state index in [4.69, 9.17) is 0 Å². The van der Waals surface area contributed by atoms with Crippen LogP contribution in [0.4, 0.5) is 45.5 Å². The van der Waals surface area contributed by atoms with Crippen LogP contribution in [0.1, 0.15) is 31.8 Å². The van der Waals surface area contributed by atoms with Crippen molar-refractivity contribution >= 4 is 97.9 Å². The molecule has 0 amide bonds. The number of aromatic hydroxyl groups is 2. The normalized spacial score (nSPS) is 11.7. The van der Waals surface area contributed by atoms with E-state index in [0.29, 0.717) is 36.4 Å². The summed E-state index contributed by atoms with van der Waals surface area (Å²) in [5, 5.41) is 97.0. The fourth-order valence-electron chi connectivity index (χ4n) is 5.84. The summed E-state index contributed by atoms with van der Waals surface area (Å²) in [7, 11) is -21.3. The summed E-state index contributed by atoms with van der Waals surface area (Å²) in [4.78, 5) is 19.8. The van der Waals surface area contributed by atoms with Crippen molar-refractivity contribution in [3.05, 3.63) is 119 Å². The van der Waals surface area contributed by atoms with Crippen LogP contribution in [0, 0.1) is 0 Å². The number of carboxylic acids is 2. The number of carboxylic acid groups (broad SMARTS) is 2. The Kier molecular flexibility index (Phi) is 29.0. The largest absolute Gasteiger partial charge is 2.00 e. The van der Waals surface area contributed by atoms with Gasteiger partial charge in [-0.05, 0) is 102 Å². The van der Waals surface area contributed by atoms with Gasteiger partial charge < -0.3 is 53.6 Å². The first-order valence-corrected chi connectivity index (χ1v) is 24.2. The van der Waals surface area contributed by atoms with Gasteiger partial charge in [-0.3, -0.25) is 0 Å². The number of benzene rings is 6. The summed E-state index contributed by atoms with van der Waals surface area (Å²) in [6.07, 6.45) is -0.137. The number of aromatic carboxylic acids is 2. The molecule has 6 rings (SSSR count). The summed E-state index contributed by atoms with van der Waals surface area (Å²) in [5.74, 6) is -6.98. The Morgan fingerprint density at radius 1 is 0.416 bits per heavy atom. The fraction of sp³-hybridized carbons (Fsp3) is 0.0256. The topological polar surface area (TPSA) is 492 Å². The predicted octanol–water partition coefficient (Wildman–Crippen LogP) is -10.8. The minimum Gasteiger partial charge on any atom is -0.871 e. The Morgan fingerprint density at radius 3 is 1.06 bits per heavy atom.